The number of fused-ring (bicyclic) bond motifs is 3. The topological polar surface area (TPSA) is 97.1 Å². The lowest BCUT2D eigenvalue weighted by atomic mass is 9.77. The van der Waals surface area contributed by atoms with Crippen LogP contribution in [0.3, 0.4) is 0 Å². The molecule has 0 bridgehead atoms. The summed E-state index contributed by atoms with van der Waals surface area (Å²) < 4.78 is 40.3. The van der Waals surface area contributed by atoms with Crippen LogP contribution in [0.15, 0.2) is 89.7 Å². The fourth-order valence-corrected chi connectivity index (χ4v) is 7.44. The highest BCUT2D eigenvalue weighted by Gasteiger charge is 2.31. The van der Waals surface area contributed by atoms with Crippen molar-refractivity contribution in [2.24, 2.45) is 0 Å². The zero-order valence-electron chi connectivity index (χ0n) is 26.0. The molecule has 49 heavy (non-hydrogen) atoms. The summed E-state index contributed by atoms with van der Waals surface area (Å²) in [5, 5.41) is 19.1. The Kier molecular flexibility index (Phi) is 10.1. The van der Waals surface area contributed by atoms with Crippen LogP contribution in [-0.4, -0.2) is 32.9 Å². The highest BCUT2D eigenvalue weighted by Crippen LogP contribution is 2.42. The first-order chi connectivity index (χ1) is 23.4. The van der Waals surface area contributed by atoms with Crippen molar-refractivity contribution in [1.29, 1.82) is 0 Å². The number of halogens is 5. The summed E-state index contributed by atoms with van der Waals surface area (Å²) in [6.45, 7) is -0.0724. The maximum Gasteiger partial charge on any atom is 0.416 e. The summed E-state index contributed by atoms with van der Waals surface area (Å²) in [6, 6.07) is 25.0. The van der Waals surface area contributed by atoms with Crippen molar-refractivity contribution in [2.75, 3.05) is 7.05 Å². The zero-order chi connectivity index (χ0) is 34.9. The number of rotatable bonds is 6. The van der Waals surface area contributed by atoms with Gasteiger partial charge in [-0.15, -0.1) is 11.3 Å². The molecule has 0 radical (unpaired) electrons. The quantitative estimate of drug-likeness (QED) is 0.178. The van der Waals surface area contributed by atoms with E-state index < -0.39 is 23.3 Å². The Labute approximate surface area is 292 Å². The minimum atomic E-state index is -4.47. The van der Waals surface area contributed by atoms with E-state index in [4.69, 9.17) is 28.3 Å². The molecule has 2 N–H and O–H groups in total. The van der Waals surface area contributed by atoms with Gasteiger partial charge in [-0.05, 0) is 73.0 Å². The van der Waals surface area contributed by atoms with E-state index in [1.165, 1.54) is 22.8 Å². The molecule has 2 heterocycles. The maximum absolute atomic E-state index is 12.9. The number of hydrogen-bond acceptors (Lipinski definition) is 6. The predicted octanol–water partition coefficient (Wildman–Crippen LogP) is 8.88. The van der Waals surface area contributed by atoms with Gasteiger partial charge in [-0.2, -0.15) is 18.3 Å². The molecule has 13 heteroatoms. The third-order valence-corrected chi connectivity index (χ3v) is 10.3. The smallest absolute Gasteiger partial charge is 0.416 e. The number of carboxylic acid groups (broad SMARTS) is 1. The van der Waals surface area contributed by atoms with E-state index in [0.29, 0.717) is 42.5 Å². The van der Waals surface area contributed by atoms with Gasteiger partial charge in [0.15, 0.2) is 0 Å². The molecule has 2 atom stereocenters. The minimum absolute atomic E-state index is 0.0724. The Morgan fingerprint density at radius 2 is 1.67 bits per heavy atom. The number of nitrogens with one attached hydrogen (secondary N) is 1. The average molecular weight is 726 g/mol. The second-order valence-electron chi connectivity index (χ2n) is 11.6. The summed E-state index contributed by atoms with van der Waals surface area (Å²) in [4.78, 5) is 28.1. The second-order valence-corrected chi connectivity index (χ2v) is 13.5. The third kappa shape index (κ3) is 7.50. The SMILES string of the molecule is CN[C@H]1CC[C@@H](c2ccc(Cl)c(Cl)c2)c2ccccc21.O=C(O)Cc1nn(Cc2nc3cc(C(F)(F)F)ccc3s2)c(=O)c2ccccc12. The lowest BCUT2D eigenvalue weighted by Gasteiger charge is -2.32. The summed E-state index contributed by atoms with van der Waals surface area (Å²) >= 11 is 13.3. The number of thiazole rings is 1. The van der Waals surface area contributed by atoms with E-state index in [1.807, 2.05) is 19.2 Å². The van der Waals surface area contributed by atoms with Gasteiger partial charge in [-0.3, -0.25) is 9.59 Å². The largest absolute Gasteiger partial charge is 0.481 e. The number of aliphatic carboxylic acids is 1. The summed E-state index contributed by atoms with van der Waals surface area (Å²) in [5.41, 5.74) is 3.24. The number of aromatic nitrogens is 3. The Balaban J connectivity index is 0.000000182. The molecular weight excluding hydrogens is 696 g/mol. The zero-order valence-corrected chi connectivity index (χ0v) is 28.3. The highest BCUT2D eigenvalue weighted by molar-refractivity contribution is 7.18. The van der Waals surface area contributed by atoms with Crippen molar-refractivity contribution in [3.63, 3.8) is 0 Å². The molecule has 0 fully saturated rings. The van der Waals surface area contributed by atoms with Gasteiger partial charge in [-0.1, -0.05) is 71.7 Å². The van der Waals surface area contributed by atoms with Crippen LogP contribution in [0.1, 0.15) is 57.8 Å². The maximum atomic E-state index is 12.9. The molecule has 7 rings (SSSR count). The van der Waals surface area contributed by atoms with Crippen LogP contribution in [0, 0.1) is 0 Å². The lowest BCUT2D eigenvalue weighted by molar-refractivity contribution is -0.138. The molecule has 252 valence electrons. The van der Waals surface area contributed by atoms with Gasteiger partial charge in [0.05, 0.1) is 49.9 Å². The number of benzene rings is 4. The Hall–Kier alpha value is -4.29. The predicted molar refractivity (Wildman–Crippen MR) is 187 cm³/mol. The van der Waals surface area contributed by atoms with E-state index in [1.54, 1.807) is 24.3 Å². The van der Waals surface area contributed by atoms with Crippen molar-refractivity contribution in [3.8, 4) is 0 Å². The number of hydrogen-bond donors (Lipinski definition) is 2. The molecule has 0 saturated carbocycles. The van der Waals surface area contributed by atoms with Crippen LogP contribution in [0.25, 0.3) is 21.0 Å². The fraction of sp³-hybridized carbons (Fsp3) is 0.222. The first kappa shape index (κ1) is 34.6. The first-order valence-corrected chi connectivity index (χ1v) is 16.9. The van der Waals surface area contributed by atoms with Crippen LogP contribution in [-0.2, 0) is 23.9 Å². The first-order valence-electron chi connectivity index (χ1n) is 15.3. The van der Waals surface area contributed by atoms with E-state index in [0.717, 1.165) is 41.0 Å². The van der Waals surface area contributed by atoms with E-state index in [2.05, 4.69) is 45.7 Å². The van der Waals surface area contributed by atoms with Gasteiger partial charge in [0, 0.05) is 17.3 Å². The van der Waals surface area contributed by atoms with Crippen LogP contribution >= 0.6 is 34.5 Å². The fourth-order valence-electron chi connectivity index (χ4n) is 6.20. The third-order valence-electron chi connectivity index (χ3n) is 8.49. The summed E-state index contributed by atoms with van der Waals surface area (Å²) in [6.07, 6.45) is -2.57. The molecule has 0 aliphatic heterocycles. The van der Waals surface area contributed by atoms with Crippen molar-refractivity contribution < 1.29 is 23.1 Å². The summed E-state index contributed by atoms with van der Waals surface area (Å²) in [7, 11) is 2.03. The van der Waals surface area contributed by atoms with E-state index in [9.17, 15) is 22.8 Å². The van der Waals surface area contributed by atoms with Crippen molar-refractivity contribution in [3.05, 3.63) is 138 Å². The van der Waals surface area contributed by atoms with E-state index >= 15 is 0 Å². The van der Waals surface area contributed by atoms with Crippen LogP contribution < -0.4 is 10.9 Å². The van der Waals surface area contributed by atoms with Crippen molar-refractivity contribution in [2.45, 2.75) is 43.9 Å². The molecule has 0 amide bonds. The molecule has 7 nitrogen and oxygen atoms in total. The van der Waals surface area contributed by atoms with Crippen molar-refractivity contribution in [1.82, 2.24) is 20.1 Å². The van der Waals surface area contributed by atoms with Crippen LogP contribution in [0.2, 0.25) is 10.0 Å². The Bertz CT molecular complexity index is 2240. The van der Waals surface area contributed by atoms with Gasteiger partial charge in [0.1, 0.15) is 5.01 Å². The van der Waals surface area contributed by atoms with Gasteiger partial charge in [0.2, 0.25) is 0 Å². The van der Waals surface area contributed by atoms with E-state index in [-0.39, 0.29) is 24.2 Å². The van der Waals surface area contributed by atoms with Gasteiger partial charge < -0.3 is 10.4 Å². The highest BCUT2D eigenvalue weighted by atomic mass is 35.5. The molecule has 4 aromatic carbocycles. The molecule has 1 aliphatic rings. The van der Waals surface area contributed by atoms with Crippen molar-refractivity contribution >= 4 is 61.5 Å². The van der Waals surface area contributed by atoms with Crippen LogP contribution in [0.4, 0.5) is 13.2 Å². The number of carbonyl (C=O) groups is 1. The van der Waals surface area contributed by atoms with Gasteiger partial charge >= 0.3 is 12.1 Å². The number of nitrogens with zero attached hydrogens (tertiary/aromatic N) is 3. The molecular formula is C36H29Cl2F3N4O3S. The number of carboxylic acids is 1. The molecule has 0 spiro atoms. The molecule has 6 aromatic rings. The standard InChI is InChI=1S/C19H12F3N3O3S.C17H17Cl2N/c20-19(21,22)10-5-6-15-14(7-10)23-16(29-15)9-25-18(28)12-4-2-1-3-11(12)13(24-25)8-17(26)27;1-20-17-9-7-12(13-4-2-3-5-14(13)17)11-6-8-15(18)16(19)10-11/h1-7H,8-9H2,(H,26,27);2-6,8,10,12,17,20H,7,9H2,1H3/t;12-,17-/m.0/s1. The Morgan fingerprint density at radius 3 is 2.37 bits per heavy atom. The van der Waals surface area contributed by atoms with Gasteiger partial charge in [-0.25, -0.2) is 9.67 Å². The Morgan fingerprint density at radius 1 is 0.959 bits per heavy atom. The van der Waals surface area contributed by atoms with Gasteiger partial charge in [0.25, 0.3) is 5.56 Å². The summed E-state index contributed by atoms with van der Waals surface area (Å²) in [5.74, 6) is -0.682. The average Bonchev–Trinajstić information content (AvgIpc) is 3.49. The molecule has 0 saturated heterocycles. The molecule has 1 aliphatic carbocycles. The number of alkyl halides is 3. The second kappa shape index (κ2) is 14.3. The molecule has 0 unspecified atom stereocenters. The van der Waals surface area contributed by atoms with Crippen LogP contribution in [0.5, 0.6) is 0 Å². The lowest BCUT2D eigenvalue weighted by Crippen LogP contribution is -2.26. The molecule has 2 aromatic heterocycles. The minimum Gasteiger partial charge on any atom is -0.481 e. The monoisotopic (exact) mass is 724 g/mol. The normalized spacial score (nSPS) is 15.9.